The van der Waals surface area contributed by atoms with Crippen LogP contribution in [0.15, 0.2) is 41.3 Å². The molecule has 2 N–H and O–H groups in total. The minimum atomic E-state index is -0.126. The Labute approximate surface area is 151 Å². The van der Waals surface area contributed by atoms with Gasteiger partial charge in [-0.25, -0.2) is 0 Å². The Morgan fingerprint density at radius 1 is 1.20 bits per heavy atom. The molecule has 6 heteroatoms. The summed E-state index contributed by atoms with van der Waals surface area (Å²) in [7, 11) is 0. The normalized spacial score (nSPS) is 13.0. The van der Waals surface area contributed by atoms with Crippen molar-refractivity contribution in [2.24, 2.45) is 0 Å². The molecule has 130 valence electrons. The van der Waals surface area contributed by atoms with Crippen molar-refractivity contribution in [1.29, 1.82) is 0 Å². The van der Waals surface area contributed by atoms with Crippen molar-refractivity contribution in [3.63, 3.8) is 0 Å². The summed E-state index contributed by atoms with van der Waals surface area (Å²) in [6, 6.07) is 11.4. The topological polar surface area (TPSA) is 67.4 Å². The van der Waals surface area contributed by atoms with E-state index in [4.69, 9.17) is 4.74 Å². The van der Waals surface area contributed by atoms with E-state index in [0.29, 0.717) is 18.0 Å². The number of amides is 2. The maximum atomic E-state index is 12.1. The third kappa shape index (κ3) is 4.54. The highest BCUT2D eigenvalue weighted by atomic mass is 32.2. The van der Waals surface area contributed by atoms with E-state index in [9.17, 15) is 9.59 Å². The van der Waals surface area contributed by atoms with Crippen LogP contribution in [0.3, 0.4) is 0 Å². The molecule has 0 spiro atoms. The number of nitrogens with one attached hydrogen (secondary N) is 2. The van der Waals surface area contributed by atoms with Crippen molar-refractivity contribution in [2.45, 2.75) is 25.2 Å². The predicted molar refractivity (Wildman–Crippen MR) is 100 cm³/mol. The second-order valence-electron chi connectivity index (χ2n) is 5.94. The molecule has 2 aromatic carbocycles. The van der Waals surface area contributed by atoms with E-state index in [-0.39, 0.29) is 18.2 Å². The molecule has 25 heavy (non-hydrogen) atoms. The maximum absolute atomic E-state index is 12.1. The smallest absolute Gasteiger partial charge is 0.234 e. The molecular weight excluding hydrogens is 336 g/mol. The van der Waals surface area contributed by atoms with Gasteiger partial charge in [0.1, 0.15) is 5.75 Å². The molecule has 0 unspecified atom stereocenters. The van der Waals surface area contributed by atoms with Crippen LogP contribution < -0.4 is 15.4 Å². The van der Waals surface area contributed by atoms with Crippen LogP contribution in [-0.2, 0) is 9.59 Å². The Morgan fingerprint density at radius 2 is 2.04 bits per heavy atom. The van der Waals surface area contributed by atoms with Gasteiger partial charge in [0.25, 0.3) is 0 Å². The Kier molecular flexibility index (Phi) is 5.28. The lowest BCUT2D eigenvalue weighted by atomic mass is 10.1. The fourth-order valence-corrected chi connectivity index (χ4v) is 3.24. The van der Waals surface area contributed by atoms with Crippen LogP contribution in [0.1, 0.15) is 17.5 Å². The van der Waals surface area contributed by atoms with Crippen LogP contribution in [0.5, 0.6) is 5.75 Å². The van der Waals surface area contributed by atoms with E-state index < -0.39 is 0 Å². The van der Waals surface area contributed by atoms with Gasteiger partial charge in [0.2, 0.25) is 11.8 Å². The molecule has 0 atom stereocenters. The van der Waals surface area contributed by atoms with Gasteiger partial charge in [-0.3, -0.25) is 9.59 Å². The predicted octanol–water partition coefficient (Wildman–Crippen LogP) is 3.76. The average molecular weight is 356 g/mol. The number of ether oxygens (including phenoxy) is 1. The second kappa shape index (κ2) is 7.61. The summed E-state index contributed by atoms with van der Waals surface area (Å²) < 4.78 is 5.63. The van der Waals surface area contributed by atoms with Crippen molar-refractivity contribution < 1.29 is 14.3 Å². The van der Waals surface area contributed by atoms with Crippen LogP contribution in [0.4, 0.5) is 11.4 Å². The van der Waals surface area contributed by atoms with Crippen LogP contribution in [-0.4, -0.2) is 24.2 Å². The molecule has 0 aliphatic carbocycles. The zero-order valence-electron chi connectivity index (χ0n) is 14.2. The molecule has 0 fully saturated rings. The molecule has 0 saturated heterocycles. The van der Waals surface area contributed by atoms with Crippen molar-refractivity contribution in [1.82, 2.24) is 0 Å². The molecule has 1 heterocycles. The first kappa shape index (κ1) is 17.4. The first-order valence-electron chi connectivity index (χ1n) is 8.08. The maximum Gasteiger partial charge on any atom is 0.234 e. The first-order chi connectivity index (χ1) is 12.0. The molecular formula is C19H20N2O3S. The van der Waals surface area contributed by atoms with Gasteiger partial charge < -0.3 is 15.4 Å². The van der Waals surface area contributed by atoms with E-state index in [1.807, 2.05) is 44.2 Å². The number of carbonyl (C=O) groups is 2. The Bertz CT molecular complexity index is 820. The van der Waals surface area contributed by atoms with Crippen LogP contribution in [0.25, 0.3) is 0 Å². The van der Waals surface area contributed by atoms with Gasteiger partial charge in [0.05, 0.1) is 24.5 Å². The summed E-state index contributed by atoms with van der Waals surface area (Å²) in [6.07, 6.45) is 0.255. The van der Waals surface area contributed by atoms with Crippen LogP contribution >= 0.6 is 11.8 Å². The minimum absolute atomic E-state index is 0.0252. The van der Waals surface area contributed by atoms with E-state index >= 15 is 0 Å². The van der Waals surface area contributed by atoms with E-state index in [0.717, 1.165) is 21.9 Å². The van der Waals surface area contributed by atoms with Gasteiger partial charge >= 0.3 is 0 Å². The highest BCUT2D eigenvalue weighted by Crippen LogP contribution is 2.33. The van der Waals surface area contributed by atoms with Gasteiger partial charge in [-0.15, -0.1) is 11.8 Å². The zero-order valence-corrected chi connectivity index (χ0v) is 15.0. The van der Waals surface area contributed by atoms with E-state index in [2.05, 4.69) is 10.6 Å². The zero-order chi connectivity index (χ0) is 17.8. The molecule has 3 rings (SSSR count). The highest BCUT2D eigenvalue weighted by molar-refractivity contribution is 8.00. The lowest BCUT2D eigenvalue weighted by Crippen LogP contribution is -2.19. The summed E-state index contributed by atoms with van der Waals surface area (Å²) in [5.74, 6) is 1.04. The van der Waals surface area contributed by atoms with Gasteiger partial charge in [-0.2, -0.15) is 0 Å². The van der Waals surface area contributed by atoms with Crippen molar-refractivity contribution in [2.75, 3.05) is 23.0 Å². The quantitative estimate of drug-likeness (QED) is 0.856. The largest absolute Gasteiger partial charge is 0.493 e. The first-order valence-corrected chi connectivity index (χ1v) is 9.06. The van der Waals surface area contributed by atoms with Gasteiger partial charge in [0, 0.05) is 10.6 Å². The molecule has 0 aromatic heterocycles. The number of rotatable bonds is 5. The lowest BCUT2D eigenvalue weighted by molar-refractivity contribution is -0.116. The van der Waals surface area contributed by atoms with E-state index in [1.54, 1.807) is 6.07 Å². The van der Waals surface area contributed by atoms with Crippen molar-refractivity contribution in [3.05, 3.63) is 47.5 Å². The van der Waals surface area contributed by atoms with Crippen LogP contribution in [0.2, 0.25) is 0 Å². The van der Waals surface area contributed by atoms with Crippen LogP contribution in [0, 0.1) is 13.8 Å². The number of thioether (sulfide) groups is 1. The monoisotopic (exact) mass is 356 g/mol. The van der Waals surface area contributed by atoms with Gasteiger partial charge in [0.15, 0.2) is 0 Å². The molecule has 1 aliphatic heterocycles. The second-order valence-corrected chi connectivity index (χ2v) is 6.96. The molecule has 1 aliphatic rings. The summed E-state index contributed by atoms with van der Waals surface area (Å²) in [4.78, 5) is 24.5. The number of fused-ring (bicyclic) bond motifs is 1. The number of aryl methyl sites for hydroxylation is 2. The number of benzene rings is 2. The fourth-order valence-electron chi connectivity index (χ4n) is 2.45. The molecule has 0 bridgehead atoms. The van der Waals surface area contributed by atoms with Gasteiger partial charge in [-0.1, -0.05) is 6.07 Å². The molecule has 5 nitrogen and oxygen atoms in total. The summed E-state index contributed by atoms with van der Waals surface area (Å²) in [6.45, 7) is 4.39. The Hall–Kier alpha value is -2.47. The molecule has 0 radical (unpaired) electrons. The Balaban J connectivity index is 1.51. The molecule has 2 aromatic rings. The molecule has 0 saturated carbocycles. The van der Waals surface area contributed by atoms with Gasteiger partial charge in [-0.05, 0) is 55.3 Å². The highest BCUT2D eigenvalue weighted by Gasteiger charge is 2.15. The number of anilines is 2. The van der Waals surface area contributed by atoms with E-state index in [1.165, 1.54) is 17.3 Å². The summed E-state index contributed by atoms with van der Waals surface area (Å²) in [5.41, 5.74) is 3.78. The third-order valence-corrected chi connectivity index (χ3v) is 5.05. The van der Waals surface area contributed by atoms with Crippen molar-refractivity contribution >= 4 is 35.0 Å². The minimum Gasteiger partial charge on any atom is -0.493 e. The summed E-state index contributed by atoms with van der Waals surface area (Å²) >= 11 is 1.49. The lowest BCUT2D eigenvalue weighted by Gasteiger charge is -2.17. The number of carbonyl (C=O) groups excluding carboxylic acids is 2. The van der Waals surface area contributed by atoms with Crippen molar-refractivity contribution in [3.8, 4) is 5.75 Å². The number of hydrogen-bond donors (Lipinski definition) is 2. The fraction of sp³-hybridized carbons (Fsp3) is 0.263. The summed E-state index contributed by atoms with van der Waals surface area (Å²) in [5, 5.41) is 5.65. The standard InChI is InChI=1S/C19H20N2O3S/c1-12-3-5-15(9-13(12)2)24-8-7-18(22)20-14-4-6-17-16(10-14)21-19(23)11-25-17/h3-6,9-10H,7-8,11H2,1-2H3,(H,20,22)(H,21,23). The SMILES string of the molecule is Cc1ccc(OCCC(=O)Nc2ccc3c(c2)NC(=O)CS3)cc1C. The Morgan fingerprint density at radius 3 is 2.84 bits per heavy atom. The average Bonchev–Trinajstić information content (AvgIpc) is 2.57. The third-order valence-electron chi connectivity index (χ3n) is 3.97. The number of hydrogen-bond acceptors (Lipinski definition) is 4. The molecule has 2 amide bonds.